The topological polar surface area (TPSA) is 0 Å². The molecule has 1 saturated carbocycles. The zero-order valence-electron chi connectivity index (χ0n) is 18.9. The van der Waals surface area contributed by atoms with Gasteiger partial charge in [-0.15, -0.1) is 0 Å². The quantitative estimate of drug-likeness (QED) is 0.346. The Kier molecular flexibility index (Phi) is 6.73. The van der Waals surface area contributed by atoms with Crippen LogP contribution in [-0.2, 0) is 6.18 Å². The summed E-state index contributed by atoms with van der Waals surface area (Å²) >= 11 is 0. The number of alkyl halides is 3. The van der Waals surface area contributed by atoms with E-state index in [4.69, 9.17) is 0 Å². The molecule has 0 nitrogen and oxygen atoms in total. The van der Waals surface area contributed by atoms with Gasteiger partial charge in [-0.05, 0) is 53.9 Å². The van der Waals surface area contributed by atoms with Crippen molar-refractivity contribution in [3.63, 3.8) is 0 Å². The largest absolute Gasteiger partial charge is 0.419 e. The molecule has 33 heavy (non-hydrogen) atoms. The summed E-state index contributed by atoms with van der Waals surface area (Å²) in [5.74, 6) is -0.307. The highest BCUT2D eigenvalue weighted by atomic mass is 19.4. The van der Waals surface area contributed by atoms with Crippen LogP contribution in [0.1, 0.15) is 49.3 Å². The summed E-state index contributed by atoms with van der Waals surface area (Å²) < 4.78 is 56.8. The average Bonchev–Trinajstić information content (AvgIpc) is 2.78. The molecule has 1 aliphatic carbocycles. The molecule has 3 aromatic rings. The molecule has 0 bridgehead atoms. The van der Waals surface area contributed by atoms with Gasteiger partial charge < -0.3 is 0 Å². The van der Waals surface area contributed by atoms with Crippen LogP contribution in [0.2, 0.25) is 0 Å². The fraction of sp³-hybridized carbons (Fsp3) is 0.310. The van der Waals surface area contributed by atoms with Gasteiger partial charge in [-0.25, -0.2) is 4.39 Å². The summed E-state index contributed by atoms with van der Waals surface area (Å²) in [6.07, 6.45) is 2.59. The predicted octanol–water partition coefficient (Wildman–Crippen LogP) is 9.33. The van der Waals surface area contributed by atoms with E-state index >= 15 is 4.39 Å². The Morgan fingerprint density at radius 2 is 1.30 bits per heavy atom. The summed E-state index contributed by atoms with van der Waals surface area (Å²) in [7, 11) is 0. The molecular formula is C29H28F4. The molecule has 0 aliphatic heterocycles. The Bertz CT molecular complexity index is 1110. The van der Waals surface area contributed by atoms with E-state index in [0.717, 1.165) is 42.4 Å². The molecule has 172 valence electrons. The third kappa shape index (κ3) is 5.38. The molecule has 1 aliphatic rings. The monoisotopic (exact) mass is 452 g/mol. The first kappa shape index (κ1) is 23.3. The van der Waals surface area contributed by atoms with E-state index in [1.165, 1.54) is 18.2 Å². The number of allylic oxidation sites excluding steroid dienone is 1. The lowest BCUT2D eigenvalue weighted by molar-refractivity contribution is -0.140. The summed E-state index contributed by atoms with van der Waals surface area (Å²) in [5.41, 5.74) is 2.15. The summed E-state index contributed by atoms with van der Waals surface area (Å²) in [4.78, 5) is 0. The minimum atomic E-state index is -4.78. The molecule has 0 spiro atoms. The Hall–Kier alpha value is -2.88. The molecule has 4 rings (SSSR count). The highest BCUT2D eigenvalue weighted by molar-refractivity contribution is 5.73. The number of aryl methyl sites for hydroxylation is 1. The van der Waals surface area contributed by atoms with E-state index in [0.29, 0.717) is 11.5 Å². The number of hydrogen-bond donors (Lipinski definition) is 0. The fourth-order valence-corrected chi connectivity index (χ4v) is 4.55. The molecule has 0 unspecified atom stereocenters. The lowest BCUT2D eigenvalue weighted by atomic mass is 9.82. The minimum absolute atomic E-state index is 0.0403. The zero-order valence-corrected chi connectivity index (χ0v) is 18.9. The summed E-state index contributed by atoms with van der Waals surface area (Å²) in [6.45, 7) is 4.20. The van der Waals surface area contributed by atoms with Crippen molar-refractivity contribution in [1.29, 1.82) is 0 Å². The van der Waals surface area contributed by atoms with E-state index in [9.17, 15) is 13.2 Å². The van der Waals surface area contributed by atoms with Crippen LogP contribution in [0.25, 0.3) is 28.3 Å². The highest BCUT2D eigenvalue weighted by Crippen LogP contribution is 2.39. The molecule has 1 fully saturated rings. The van der Waals surface area contributed by atoms with Crippen molar-refractivity contribution < 1.29 is 17.6 Å². The van der Waals surface area contributed by atoms with Gasteiger partial charge in [-0.2, -0.15) is 13.2 Å². The van der Waals surface area contributed by atoms with E-state index < -0.39 is 17.6 Å². The number of rotatable bonds is 4. The summed E-state index contributed by atoms with van der Waals surface area (Å²) in [5, 5.41) is 0. The molecule has 0 heterocycles. The van der Waals surface area contributed by atoms with Crippen molar-refractivity contribution in [1.82, 2.24) is 0 Å². The molecule has 0 amide bonds. The second-order valence-corrected chi connectivity index (χ2v) is 9.21. The number of benzene rings is 3. The maximum Gasteiger partial charge on any atom is 0.419 e. The third-order valence-corrected chi connectivity index (χ3v) is 6.65. The van der Waals surface area contributed by atoms with Crippen LogP contribution < -0.4 is 0 Å². The Balaban J connectivity index is 1.65. The van der Waals surface area contributed by atoms with Crippen LogP contribution in [0.5, 0.6) is 0 Å². The second-order valence-electron chi connectivity index (χ2n) is 9.21. The van der Waals surface area contributed by atoms with Gasteiger partial charge in [0.25, 0.3) is 0 Å². The SMILES string of the molecule is Cc1ccc(-c2ccc(-c3ccc(/C=C/C4CCC(C)CC4)c(C(F)(F)F)c3F)cc2)cc1. The Morgan fingerprint density at radius 3 is 1.88 bits per heavy atom. The molecule has 0 aromatic heterocycles. The molecule has 4 heteroatoms. The zero-order chi connectivity index (χ0) is 23.6. The van der Waals surface area contributed by atoms with Crippen LogP contribution in [0, 0.1) is 24.6 Å². The Labute approximate surface area is 193 Å². The molecular weight excluding hydrogens is 424 g/mol. The van der Waals surface area contributed by atoms with Crippen molar-refractivity contribution in [2.45, 2.75) is 45.7 Å². The van der Waals surface area contributed by atoms with Gasteiger partial charge in [-0.3, -0.25) is 0 Å². The van der Waals surface area contributed by atoms with Gasteiger partial charge in [0.15, 0.2) is 0 Å². The van der Waals surface area contributed by atoms with Gasteiger partial charge in [0.05, 0.1) is 5.56 Å². The van der Waals surface area contributed by atoms with E-state index in [-0.39, 0.29) is 17.0 Å². The summed E-state index contributed by atoms with van der Waals surface area (Å²) in [6, 6.07) is 17.8. The minimum Gasteiger partial charge on any atom is -0.206 e. The maximum atomic E-state index is 15.2. The van der Waals surface area contributed by atoms with E-state index in [2.05, 4.69) is 6.92 Å². The smallest absolute Gasteiger partial charge is 0.206 e. The van der Waals surface area contributed by atoms with Crippen LogP contribution >= 0.6 is 0 Å². The highest BCUT2D eigenvalue weighted by Gasteiger charge is 2.37. The van der Waals surface area contributed by atoms with Crippen molar-refractivity contribution in [2.75, 3.05) is 0 Å². The first-order valence-corrected chi connectivity index (χ1v) is 11.5. The standard InChI is InChI=1S/C29H28F4/c1-19-3-7-21(8-4-19)9-12-25-17-18-26(28(30)27(25)29(31,32)33)24-15-13-23(14-16-24)22-10-5-20(2)6-11-22/h5-6,9-19,21H,3-4,7-8H2,1-2H3/b12-9+. The van der Waals surface area contributed by atoms with Gasteiger partial charge in [0.1, 0.15) is 5.82 Å². The Morgan fingerprint density at radius 1 is 0.758 bits per heavy atom. The predicted molar refractivity (Wildman–Crippen MR) is 127 cm³/mol. The lowest BCUT2D eigenvalue weighted by Gasteiger charge is -2.23. The van der Waals surface area contributed by atoms with Gasteiger partial charge in [0.2, 0.25) is 0 Å². The van der Waals surface area contributed by atoms with Gasteiger partial charge >= 0.3 is 6.18 Å². The van der Waals surface area contributed by atoms with Crippen LogP contribution in [0.15, 0.2) is 66.7 Å². The van der Waals surface area contributed by atoms with Crippen LogP contribution in [0.4, 0.5) is 17.6 Å². The average molecular weight is 453 g/mol. The first-order chi connectivity index (χ1) is 15.7. The van der Waals surface area contributed by atoms with Gasteiger partial charge in [-0.1, -0.05) is 98.1 Å². The van der Waals surface area contributed by atoms with Crippen molar-refractivity contribution in [2.24, 2.45) is 11.8 Å². The molecule has 0 N–H and O–H groups in total. The van der Waals surface area contributed by atoms with Gasteiger partial charge in [0, 0.05) is 5.56 Å². The van der Waals surface area contributed by atoms with Crippen molar-refractivity contribution >= 4 is 6.08 Å². The number of halogens is 4. The third-order valence-electron chi connectivity index (χ3n) is 6.65. The van der Waals surface area contributed by atoms with Crippen LogP contribution in [0.3, 0.4) is 0 Å². The molecule has 0 saturated heterocycles. The van der Waals surface area contributed by atoms with E-state index in [1.807, 2.05) is 49.4 Å². The number of hydrogen-bond acceptors (Lipinski definition) is 0. The normalized spacial score (nSPS) is 19.2. The molecule has 3 aromatic carbocycles. The molecule has 0 atom stereocenters. The maximum absolute atomic E-state index is 15.2. The molecule has 0 radical (unpaired) electrons. The fourth-order valence-electron chi connectivity index (χ4n) is 4.55. The van der Waals surface area contributed by atoms with E-state index in [1.54, 1.807) is 12.1 Å². The van der Waals surface area contributed by atoms with Crippen LogP contribution in [-0.4, -0.2) is 0 Å². The first-order valence-electron chi connectivity index (χ1n) is 11.5. The lowest BCUT2D eigenvalue weighted by Crippen LogP contribution is -2.12. The van der Waals surface area contributed by atoms with Crippen molar-refractivity contribution in [3.05, 3.63) is 89.2 Å². The second kappa shape index (κ2) is 9.54. The van der Waals surface area contributed by atoms with Crippen molar-refractivity contribution in [3.8, 4) is 22.3 Å².